The van der Waals surface area contributed by atoms with Crippen LogP contribution in [0.15, 0.2) is 5.03 Å². The number of aromatic amines is 1. The highest BCUT2D eigenvalue weighted by atomic mass is 32.2. The Morgan fingerprint density at radius 1 is 1.33 bits per heavy atom. The van der Waals surface area contributed by atoms with Gasteiger partial charge in [0.15, 0.2) is 5.03 Å². The Hall–Kier alpha value is -0.960. The lowest BCUT2D eigenvalue weighted by molar-refractivity contribution is 0.193. The maximum Gasteiger partial charge on any atom is 0.260 e. The molecule has 1 aromatic heterocycles. The number of sulfonamides is 1. The summed E-state index contributed by atoms with van der Waals surface area (Å²) in [6.45, 7) is 7.33. The van der Waals surface area contributed by atoms with Gasteiger partial charge in [0.05, 0.1) is 0 Å². The van der Waals surface area contributed by atoms with Gasteiger partial charge in [0.1, 0.15) is 0 Å². The molecule has 0 radical (unpaired) electrons. The number of nitrogens with zero attached hydrogens (tertiary/aromatic N) is 1. The molecule has 0 saturated heterocycles. The number of ether oxygens (including phenoxy) is 1. The zero-order chi connectivity index (χ0) is 15.9. The van der Waals surface area contributed by atoms with Crippen LogP contribution in [0, 0.1) is 6.92 Å². The molecule has 3 N–H and O–H groups in total. The Balaban J connectivity index is 2.69. The molecule has 0 bridgehead atoms. The third kappa shape index (κ3) is 5.74. The molecule has 1 aromatic rings. The largest absolute Gasteiger partial charge is 0.385 e. The van der Waals surface area contributed by atoms with E-state index < -0.39 is 10.0 Å². The Bertz CT molecular complexity index is 526. The molecule has 0 aliphatic heterocycles. The molecule has 0 aliphatic rings. The van der Waals surface area contributed by atoms with E-state index in [2.05, 4.69) is 20.2 Å². The number of aromatic nitrogens is 2. The van der Waals surface area contributed by atoms with Crippen LogP contribution in [0.1, 0.15) is 37.9 Å². The van der Waals surface area contributed by atoms with Gasteiger partial charge < -0.3 is 10.1 Å². The average Bonchev–Trinajstić information content (AvgIpc) is 2.78. The minimum Gasteiger partial charge on any atom is -0.385 e. The van der Waals surface area contributed by atoms with Gasteiger partial charge in [-0.1, -0.05) is 13.8 Å². The van der Waals surface area contributed by atoms with Gasteiger partial charge in [-0.05, 0) is 19.8 Å². The summed E-state index contributed by atoms with van der Waals surface area (Å²) in [4.78, 5) is 0. The van der Waals surface area contributed by atoms with E-state index in [1.54, 1.807) is 7.11 Å². The minimum absolute atomic E-state index is 0.0832. The third-order valence-electron chi connectivity index (χ3n) is 3.04. The van der Waals surface area contributed by atoms with Crippen LogP contribution in [0.3, 0.4) is 0 Å². The van der Waals surface area contributed by atoms with Crippen LogP contribution in [0.25, 0.3) is 0 Å². The fraction of sp³-hybridized carbons (Fsp3) is 0.769. The van der Waals surface area contributed by atoms with Crippen molar-refractivity contribution in [3.8, 4) is 0 Å². The number of aryl methyl sites for hydroxylation is 1. The summed E-state index contributed by atoms with van der Waals surface area (Å²) in [6.07, 6.45) is 1.55. The first-order chi connectivity index (χ1) is 9.88. The monoisotopic (exact) mass is 318 g/mol. The van der Waals surface area contributed by atoms with Crippen LogP contribution < -0.4 is 10.0 Å². The maximum atomic E-state index is 12.3. The Kier molecular flexibility index (Phi) is 7.30. The summed E-state index contributed by atoms with van der Waals surface area (Å²) in [5.41, 5.74) is 1.45. The van der Waals surface area contributed by atoms with Gasteiger partial charge in [-0.15, -0.1) is 0 Å². The topological polar surface area (TPSA) is 96.1 Å². The molecule has 0 unspecified atom stereocenters. The Morgan fingerprint density at radius 2 is 2.05 bits per heavy atom. The van der Waals surface area contributed by atoms with E-state index in [0.29, 0.717) is 25.3 Å². The molecule has 0 atom stereocenters. The summed E-state index contributed by atoms with van der Waals surface area (Å²) in [6, 6.07) is 0.275. The van der Waals surface area contributed by atoms with Crippen molar-refractivity contribution < 1.29 is 13.2 Å². The van der Waals surface area contributed by atoms with E-state index in [9.17, 15) is 8.42 Å². The molecule has 0 fully saturated rings. The molecule has 0 spiro atoms. The number of rotatable bonds is 10. The summed E-state index contributed by atoms with van der Waals surface area (Å²) in [7, 11) is -1.95. The molecule has 7 nitrogen and oxygen atoms in total. The lowest BCUT2D eigenvalue weighted by Gasteiger charge is -2.10. The Morgan fingerprint density at radius 3 is 2.67 bits per heavy atom. The van der Waals surface area contributed by atoms with Crippen LogP contribution in [0.4, 0.5) is 0 Å². The predicted octanol–water partition coefficient (Wildman–Crippen LogP) is 0.921. The number of H-pyrrole nitrogens is 1. The number of hydrogen-bond acceptors (Lipinski definition) is 5. The van der Waals surface area contributed by atoms with Crippen molar-refractivity contribution in [1.29, 1.82) is 0 Å². The number of unbranched alkanes of at least 4 members (excludes halogenated alkanes) is 1. The first kappa shape index (κ1) is 18.1. The molecule has 0 aliphatic carbocycles. The molecule has 0 amide bonds. The lowest BCUT2D eigenvalue weighted by Crippen LogP contribution is -2.28. The molecular weight excluding hydrogens is 292 g/mol. The van der Waals surface area contributed by atoms with Gasteiger partial charge in [-0.2, -0.15) is 5.10 Å². The van der Waals surface area contributed by atoms with Gasteiger partial charge in [-0.25, -0.2) is 13.1 Å². The van der Waals surface area contributed by atoms with Crippen LogP contribution in [-0.4, -0.2) is 44.9 Å². The molecule has 0 aromatic carbocycles. The number of methoxy groups -OCH3 is 1. The second-order valence-electron chi connectivity index (χ2n) is 5.27. The van der Waals surface area contributed by atoms with Gasteiger partial charge in [0, 0.05) is 44.1 Å². The summed E-state index contributed by atoms with van der Waals surface area (Å²) < 4.78 is 32.1. The van der Waals surface area contributed by atoms with Crippen molar-refractivity contribution in [2.24, 2.45) is 0 Å². The Labute approximate surface area is 126 Å². The first-order valence-corrected chi connectivity index (χ1v) is 8.62. The molecule has 1 heterocycles. The smallest absolute Gasteiger partial charge is 0.260 e. The molecule has 21 heavy (non-hydrogen) atoms. The van der Waals surface area contributed by atoms with E-state index in [-0.39, 0.29) is 11.1 Å². The van der Waals surface area contributed by atoms with Crippen molar-refractivity contribution in [3.05, 3.63) is 11.3 Å². The van der Waals surface area contributed by atoms with Crippen molar-refractivity contribution in [2.75, 3.05) is 20.3 Å². The fourth-order valence-electron chi connectivity index (χ4n) is 1.81. The zero-order valence-electron chi connectivity index (χ0n) is 13.2. The van der Waals surface area contributed by atoms with Crippen LogP contribution in [0.5, 0.6) is 0 Å². The highest BCUT2D eigenvalue weighted by molar-refractivity contribution is 7.89. The first-order valence-electron chi connectivity index (χ1n) is 7.14. The number of hydrogen-bond donors (Lipinski definition) is 3. The van der Waals surface area contributed by atoms with Gasteiger partial charge >= 0.3 is 0 Å². The number of nitrogens with one attached hydrogen (secondary N) is 3. The maximum absolute atomic E-state index is 12.3. The quantitative estimate of drug-likeness (QED) is 0.558. The van der Waals surface area contributed by atoms with E-state index >= 15 is 0 Å². The fourth-order valence-corrected chi connectivity index (χ4v) is 3.08. The highest BCUT2D eigenvalue weighted by Gasteiger charge is 2.23. The van der Waals surface area contributed by atoms with Gasteiger partial charge in [0.2, 0.25) is 0 Å². The molecule has 122 valence electrons. The standard InChI is InChI=1S/C13H26N4O3S/c1-10(2)14-9-12-11(3)16-17-13(12)21(18,19)15-7-5-6-8-20-4/h10,14-15H,5-9H2,1-4H3,(H,16,17). The molecule has 8 heteroatoms. The highest BCUT2D eigenvalue weighted by Crippen LogP contribution is 2.16. The van der Waals surface area contributed by atoms with Crippen molar-refractivity contribution in [1.82, 2.24) is 20.2 Å². The van der Waals surface area contributed by atoms with Crippen molar-refractivity contribution >= 4 is 10.0 Å². The second kappa shape index (κ2) is 8.47. The SMILES string of the molecule is COCCCCNS(=O)(=O)c1n[nH]c(C)c1CNC(C)C. The average molecular weight is 318 g/mol. The third-order valence-corrected chi connectivity index (χ3v) is 4.48. The van der Waals surface area contributed by atoms with Crippen LogP contribution in [-0.2, 0) is 21.3 Å². The predicted molar refractivity (Wildman–Crippen MR) is 81.6 cm³/mol. The zero-order valence-corrected chi connectivity index (χ0v) is 14.0. The van der Waals surface area contributed by atoms with E-state index in [0.717, 1.165) is 18.5 Å². The summed E-state index contributed by atoms with van der Waals surface area (Å²) in [5.74, 6) is 0. The molecule has 1 rings (SSSR count). The molecular formula is C13H26N4O3S. The normalized spacial score (nSPS) is 12.2. The van der Waals surface area contributed by atoms with Crippen LogP contribution >= 0.6 is 0 Å². The van der Waals surface area contributed by atoms with E-state index in [1.165, 1.54) is 0 Å². The van der Waals surface area contributed by atoms with Crippen molar-refractivity contribution in [3.63, 3.8) is 0 Å². The lowest BCUT2D eigenvalue weighted by atomic mass is 10.2. The van der Waals surface area contributed by atoms with E-state index in [4.69, 9.17) is 4.74 Å². The van der Waals surface area contributed by atoms with E-state index in [1.807, 2.05) is 20.8 Å². The summed E-state index contributed by atoms with van der Waals surface area (Å²) >= 11 is 0. The molecule has 0 saturated carbocycles. The van der Waals surface area contributed by atoms with Gasteiger partial charge in [0.25, 0.3) is 10.0 Å². The van der Waals surface area contributed by atoms with Crippen LogP contribution in [0.2, 0.25) is 0 Å². The van der Waals surface area contributed by atoms with Gasteiger partial charge in [-0.3, -0.25) is 5.10 Å². The minimum atomic E-state index is -3.58. The second-order valence-corrected chi connectivity index (χ2v) is 6.95. The summed E-state index contributed by atoms with van der Waals surface area (Å²) in [5, 5.41) is 9.99. The van der Waals surface area contributed by atoms with Crippen molar-refractivity contribution in [2.45, 2.75) is 51.2 Å².